The molecule has 2 amide bonds. The van der Waals surface area contributed by atoms with E-state index in [9.17, 15) is 9.59 Å². The highest BCUT2D eigenvalue weighted by atomic mass is 16.2. The van der Waals surface area contributed by atoms with Gasteiger partial charge in [-0.05, 0) is 24.6 Å². The van der Waals surface area contributed by atoms with Crippen LogP contribution in [-0.2, 0) is 16.0 Å². The van der Waals surface area contributed by atoms with Gasteiger partial charge in [-0.25, -0.2) is 4.98 Å². The molecule has 2 aromatic rings. The van der Waals surface area contributed by atoms with E-state index in [1.807, 2.05) is 48.2 Å². The first-order valence-corrected chi connectivity index (χ1v) is 8.83. The molecule has 1 aromatic carbocycles. The van der Waals surface area contributed by atoms with Gasteiger partial charge in [0.05, 0.1) is 18.3 Å². The molecule has 1 fully saturated rings. The molecule has 0 bridgehead atoms. The second-order valence-corrected chi connectivity index (χ2v) is 6.61. The molecule has 0 unspecified atom stereocenters. The fourth-order valence-corrected chi connectivity index (χ4v) is 3.11. The number of hydrogen-bond donors (Lipinski definition) is 1. The Balaban J connectivity index is 1.54. The summed E-state index contributed by atoms with van der Waals surface area (Å²) in [5.41, 5.74) is 2.83. The molecule has 0 saturated carbocycles. The van der Waals surface area contributed by atoms with E-state index >= 15 is 0 Å². The molecular formula is C20H24N4O2. The summed E-state index contributed by atoms with van der Waals surface area (Å²) >= 11 is 0. The van der Waals surface area contributed by atoms with Gasteiger partial charge in [0.15, 0.2) is 0 Å². The third-order valence-corrected chi connectivity index (χ3v) is 4.53. The van der Waals surface area contributed by atoms with Crippen molar-refractivity contribution < 1.29 is 9.59 Å². The van der Waals surface area contributed by atoms with Gasteiger partial charge in [-0.3, -0.25) is 9.59 Å². The van der Waals surface area contributed by atoms with Crippen molar-refractivity contribution in [3.8, 4) is 0 Å². The number of pyridine rings is 1. The lowest BCUT2D eigenvalue weighted by molar-refractivity contribution is -0.129. The van der Waals surface area contributed by atoms with Crippen molar-refractivity contribution in [2.24, 2.45) is 0 Å². The molecule has 0 radical (unpaired) electrons. The number of benzene rings is 1. The van der Waals surface area contributed by atoms with Crippen molar-refractivity contribution in [2.75, 3.05) is 36.4 Å². The summed E-state index contributed by atoms with van der Waals surface area (Å²) in [6.07, 6.45) is 2.03. The van der Waals surface area contributed by atoms with E-state index in [0.29, 0.717) is 25.2 Å². The lowest BCUT2D eigenvalue weighted by atomic mass is 10.1. The lowest BCUT2D eigenvalue weighted by Gasteiger charge is -2.34. The smallest absolute Gasteiger partial charge is 0.228 e. The molecule has 2 heterocycles. The van der Waals surface area contributed by atoms with Crippen molar-refractivity contribution >= 4 is 23.3 Å². The number of rotatable bonds is 4. The van der Waals surface area contributed by atoms with Crippen molar-refractivity contribution in [1.82, 2.24) is 9.88 Å². The SMILES string of the molecule is CC(=O)N1CCN(c2ccc(NC(=O)Cc3cccc(C)c3)cn2)CC1. The van der Waals surface area contributed by atoms with Crippen molar-refractivity contribution in [1.29, 1.82) is 0 Å². The Kier molecular flexibility index (Phi) is 5.51. The highest BCUT2D eigenvalue weighted by molar-refractivity contribution is 5.92. The molecule has 6 heteroatoms. The molecule has 26 heavy (non-hydrogen) atoms. The average molecular weight is 352 g/mol. The number of amides is 2. The number of aromatic nitrogens is 1. The summed E-state index contributed by atoms with van der Waals surface area (Å²) in [5, 5.41) is 2.89. The van der Waals surface area contributed by atoms with Crippen LogP contribution in [0.4, 0.5) is 11.5 Å². The van der Waals surface area contributed by atoms with Crippen LogP contribution in [-0.4, -0.2) is 47.9 Å². The van der Waals surface area contributed by atoms with E-state index in [-0.39, 0.29) is 11.8 Å². The molecule has 1 N–H and O–H groups in total. The molecule has 6 nitrogen and oxygen atoms in total. The minimum absolute atomic E-state index is 0.0553. The van der Waals surface area contributed by atoms with Crippen LogP contribution in [0.3, 0.4) is 0 Å². The molecule has 1 aliphatic heterocycles. The zero-order valence-corrected chi connectivity index (χ0v) is 15.2. The average Bonchev–Trinajstić information content (AvgIpc) is 2.62. The first-order valence-electron chi connectivity index (χ1n) is 8.83. The number of nitrogens with zero attached hydrogens (tertiary/aromatic N) is 3. The first-order chi connectivity index (χ1) is 12.5. The topological polar surface area (TPSA) is 65.5 Å². The second kappa shape index (κ2) is 7.99. The van der Waals surface area contributed by atoms with Gasteiger partial charge in [-0.2, -0.15) is 0 Å². The highest BCUT2D eigenvalue weighted by Gasteiger charge is 2.19. The Morgan fingerprint density at radius 3 is 2.50 bits per heavy atom. The second-order valence-electron chi connectivity index (χ2n) is 6.61. The molecule has 1 aromatic heterocycles. The maximum atomic E-state index is 12.2. The number of aryl methyl sites for hydroxylation is 1. The zero-order valence-electron chi connectivity index (χ0n) is 15.2. The Hall–Kier alpha value is -2.89. The van der Waals surface area contributed by atoms with Crippen LogP contribution in [0, 0.1) is 6.92 Å². The van der Waals surface area contributed by atoms with Gasteiger partial charge in [0.25, 0.3) is 0 Å². The monoisotopic (exact) mass is 352 g/mol. The standard InChI is InChI=1S/C20H24N4O2/c1-15-4-3-5-17(12-15)13-20(26)22-18-6-7-19(21-14-18)24-10-8-23(9-11-24)16(2)25/h3-7,12,14H,8-11,13H2,1-2H3,(H,22,26). The molecule has 1 saturated heterocycles. The minimum atomic E-state index is -0.0553. The van der Waals surface area contributed by atoms with Crippen molar-refractivity contribution in [2.45, 2.75) is 20.3 Å². The molecule has 136 valence electrons. The van der Waals surface area contributed by atoms with Crippen LogP contribution in [0.1, 0.15) is 18.1 Å². The van der Waals surface area contributed by atoms with Crippen LogP contribution in [0.5, 0.6) is 0 Å². The van der Waals surface area contributed by atoms with E-state index in [2.05, 4.69) is 15.2 Å². The number of hydrogen-bond acceptors (Lipinski definition) is 4. The van der Waals surface area contributed by atoms with Gasteiger partial charge >= 0.3 is 0 Å². The van der Waals surface area contributed by atoms with Crippen LogP contribution in [0.15, 0.2) is 42.6 Å². The largest absolute Gasteiger partial charge is 0.353 e. The summed E-state index contributed by atoms with van der Waals surface area (Å²) in [4.78, 5) is 32.0. The molecule has 0 atom stereocenters. The Morgan fingerprint density at radius 2 is 1.88 bits per heavy atom. The van der Waals surface area contributed by atoms with E-state index in [1.54, 1.807) is 13.1 Å². The van der Waals surface area contributed by atoms with E-state index < -0.39 is 0 Å². The lowest BCUT2D eigenvalue weighted by Crippen LogP contribution is -2.48. The number of anilines is 2. The molecule has 0 spiro atoms. The Morgan fingerprint density at radius 1 is 1.12 bits per heavy atom. The minimum Gasteiger partial charge on any atom is -0.353 e. The first kappa shape index (κ1) is 17.9. The van der Waals surface area contributed by atoms with Gasteiger partial charge < -0.3 is 15.1 Å². The Bertz CT molecular complexity index is 781. The van der Waals surface area contributed by atoms with E-state index in [0.717, 1.165) is 30.0 Å². The quantitative estimate of drug-likeness (QED) is 0.916. The van der Waals surface area contributed by atoms with E-state index in [4.69, 9.17) is 0 Å². The fourth-order valence-electron chi connectivity index (χ4n) is 3.11. The number of carbonyl (C=O) groups is 2. The maximum absolute atomic E-state index is 12.2. The predicted molar refractivity (Wildman–Crippen MR) is 102 cm³/mol. The van der Waals surface area contributed by atoms with Gasteiger partial charge in [0.2, 0.25) is 11.8 Å². The van der Waals surface area contributed by atoms with Crippen LogP contribution in [0.25, 0.3) is 0 Å². The summed E-state index contributed by atoms with van der Waals surface area (Å²) in [7, 11) is 0. The van der Waals surface area contributed by atoms with Crippen molar-refractivity contribution in [3.05, 3.63) is 53.7 Å². The maximum Gasteiger partial charge on any atom is 0.228 e. The molecule has 1 aliphatic rings. The summed E-state index contributed by atoms with van der Waals surface area (Å²) in [6.45, 7) is 6.58. The molecule has 0 aliphatic carbocycles. The van der Waals surface area contributed by atoms with Crippen LogP contribution >= 0.6 is 0 Å². The predicted octanol–water partition coefficient (Wildman–Crippen LogP) is 2.24. The third-order valence-electron chi connectivity index (χ3n) is 4.53. The van der Waals surface area contributed by atoms with Crippen LogP contribution < -0.4 is 10.2 Å². The van der Waals surface area contributed by atoms with Gasteiger partial charge in [0.1, 0.15) is 5.82 Å². The molecular weight excluding hydrogens is 328 g/mol. The zero-order chi connectivity index (χ0) is 18.5. The number of nitrogens with one attached hydrogen (secondary N) is 1. The van der Waals surface area contributed by atoms with Gasteiger partial charge in [-0.1, -0.05) is 29.8 Å². The van der Waals surface area contributed by atoms with Crippen LogP contribution in [0.2, 0.25) is 0 Å². The number of carbonyl (C=O) groups excluding carboxylic acids is 2. The van der Waals surface area contributed by atoms with E-state index in [1.165, 1.54) is 0 Å². The summed E-state index contributed by atoms with van der Waals surface area (Å²) in [5.74, 6) is 0.925. The number of piperazine rings is 1. The fraction of sp³-hybridized carbons (Fsp3) is 0.350. The summed E-state index contributed by atoms with van der Waals surface area (Å²) in [6, 6.07) is 11.7. The normalized spacial score (nSPS) is 14.2. The summed E-state index contributed by atoms with van der Waals surface area (Å²) < 4.78 is 0. The van der Waals surface area contributed by atoms with Gasteiger partial charge in [-0.15, -0.1) is 0 Å². The Labute approximate surface area is 153 Å². The third kappa shape index (κ3) is 4.59. The van der Waals surface area contributed by atoms with Gasteiger partial charge in [0, 0.05) is 33.1 Å². The highest BCUT2D eigenvalue weighted by Crippen LogP contribution is 2.16. The molecule has 3 rings (SSSR count). The van der Waals surface area contributed by atoms with Crippen molar-refractivity contribution in [3.63, 3.8) is 0 Å².